The molecule has 0 fully saturated rings. The van der Waals surface area contributed by atoms with Crippen LogP contribution in [0, 0.1) is 5.92 Å². The van der Waals surface area contributed by atoms with E-state index in [-0.39, 0.29) is 5.91 Å². The highest BCUT2D eigenvalue weighted by atomic mass is 16.5. The van der Waals surface area contributed by atoms with E-state index >= 15 is 0 Å². The molecule has 1 rings (SSSR count). The second kappa shape index (κ2) is 7.63. The molecule has 1 aromatic carbocycles. The first-order chi connectivity index (χ1) is 9.00. The number of nitrogens with two attached hydrogens (primary N) is 2. The van der Waals surface area contributed by atoms with E-state index in [1.807, 2.05) is 0 Å². The van der Waals surface area contributed by atoms with Crippen molar-refractivity contribution in [2.75, 3.05) is 31.2 Å². The summed E-state index contributed by atoms with van der Waals surface area (Å²) >= 11 is 0. The van der Waals surface area contributed by atoms with Crippen molar-refractivity contribution >= 4 is 17.3 Å². The first-order valence-electron chi connectivity index (χ1n) is 6.51. The molecule has 5 heteroatoms. The molecule has 0 aromatic heterocycles. The van der Waals surface area contributed by atoms with Gasteiger partial charge in [0.15, 0.2) is 0 Å². The highest BCUT2D eigenvalue weighted by Crippen LogP contribution is 2.15. The number of benzene rings is 1. The number of rotatable bonds is 7. The molecule has 0 bridgehead atoms. The number of hydrogen-bond donors (Lipinski definition) is 3. The molecule has 5 N–H and O–H groups in total. The molecule has 106 valence electrons. The second-order valence-corrected chi connectivity index (χ2v) is 4.90. The van der Waals surface area contributed by atoms with Gasteiger partial charge < -0.3 is 21.5 Å². The zero-order valence-electron chi connectivity index (χ0n) is 11.6. The summed E-state index contributed by atoms with van der Waals surface area (Å²) in [4.78, 5) is 11.8. The van der Waals surface area contributed by atoms with Crippen LogP contribution in [0.3, 0.4) is 0 Å². The van der Waals surface area contributed by atoms with E-state index in [2.05, 4.69) is 19.2 Å². The van der Waals surface area contributed by atoms with Crippen molar-refractivity contribution in [2.45, 2.75) is 20.3 Å². The van der Waals surface area contributed by atoms with Gasteiger partial charge in [-0.05, 0) is 30.5 Å². The van der Waals surface area contributed by atoms with Crippen LogP contribution in [0.4, 0.5) is 11.4 Å². The molecule has 0 radical (unpaired) electrons. The lowest BCUT2D eigenvalue weighted by molar-refractivity contribution is 0.0906. The van der Waals surface area contributed by atoms with Crippen molar-refractivity contribution in [2.24, 2.45) is 5.92 Å². The van der Waals surface area contributed by atoms with Crippen LogP contribution in [0.25, 0.3) is 0 Å². The predicted molar refractivity (Wildman–Crippen MR) is 77.9 cm³/mol. The minimum Gasteiger partial charge on any atom is -0.399 e. The van der Waals surface area contributed by atoms with Crippen molar-refractivity contribution < 1.29 is 9.53 Å². The van der Waals surface area contributed by atoms with Crippen LogP contribution in [0.15, 0.2) is 18.2 Å². The summed E-state index contributed by atoms with van der Waals surface area (Å²) in [7, 11) is 0. The normalized spacial score (nSPS) is 10.7. The first kappa shape index (κ1) is 15.3. The van der Waals surface area contributed by atoms with Crippen LogP contribution < -0.4 is 16.8 Å². The van der Waals surface area contributed by atoms with Crippen LogP contribution in [0.2, 0.25) is 0 Å². The van der Waals surface area contributed by atoms with E-state index in [1.54, 1.807) is 18.2 Å². The number of amides is 1. The smallest absolute Gasteiger partial charge is 0.253 e. The van der Waals surface area contributed by atoms with Gasteiger partial charge in [-0.3, -0.25) is 4.79 Å². The Kier molecular flexibility index (Phi) is 6.15. The van der Waals surface area contributed by atoms with Crippen LogP contribution in [-0.4, -0.2) is 25.7 Å². The van der Waals surface area contributed by atoms with Gasteiger partial charge in [-0.1, -0.05) is 13.8 Å². The summed E-state index contributed by atoms with van der Waals surface area (Å²) in [5.74, 6) is 0.425. The third-order valence-electron chi connectivity index (χ3n) is 2.69. The van der Waals surface area contributed by atoms with Gasteiger partial charge in [0.2, 0.25) is 0 Å². The maximum absolute atomic E-state index is 11.8. The Labute approximate surface area is 114 Å². The molecule has 1 aromatic rings. The number of hydrogen-bond acceptors (Lipinski definition) is 4. The highest BCUT2D eigenvalue weighted by Gasteiger charge is 2.08. The van der Waals surface area contributed by atoms with E-state index < -0.39 is 0 Å². The number of carbonyl (C=O) groups is 1. The second-order valence-electron chi connectivity index (χ2n) is 4.90. The zero-order valence-corrected chi connectivity index (χ0v) is 11.6. The average molecular weight is 265 g/mol. The third-order valence-corrected chi connectivity index (χ3v) is 2.69. The minimum absolute atomic E-state index is 0.204. The first-order valence-corrected chi connectivity index (χ1v) is 6.51. The van der Waals surface area contributed by atoms with E-state index in [9.17, 15) is 4.79 Å². The van der Waals surface area contributed by atoms with Crippen molar-refractivity contribution in [1.29, 1.82) is 0 Å². The van der Waals surface area contributed by atoms with Crippen LogP contribution in [0.1, 0.15) is 30.6 Å². The Morgan fingerprint density at radius 3 is 2.68 bits per heavy atom. The molecule has 0 atom stereocenters. The number of ether oxygens (including phenoxy) is 1. The number of anilines is 2. The van der Waals surface area contributed by atoms with Gasteiger partial charge in [-0.2, -0.15) is 0 Å². The molecule has 0 aliphatic heterocycles. The summed E-state index contributed by atoms with van der Waals surface area (Å²) in [5.41, 5.74) is 12.7. The molecule has 5 nitrogen and oxygen atoms in total. The minimum atomic E-state index is -0.204. The van der Waals surface area contributed by atoms with E-state index in [0.717, 1.165) is 13.0 Å². The van der Waals surface area contributed by atoms with E-state index in [0.29, 0.717) is 36.0 Å². The standard InChI is InChI=1S/C14H23N3O2/c1-10(2)5-7-19-8-6-17-14(18)12-4-3-11(15)9-13(12)16/h3-4,9-10H,5-8,15-16H2,1-2H3,(H,17,18). The summed E-state index contributed by atoms with van der Waals surface area (Å²) in [5, 5.41) is 2.76. The Balaban J connectivity index is 2.28. The fraction of sp³-hybridized carbons (Fsp3) is 0.500. The Morgan fingerprint density at radius 2 is 2.05 bits per heavy atom. The molecule has 0 spiro atoms. The third kappa shape index (κ3) is 5.61. The van der Waals surface area contributed by atoms with Crippen LogP contribution in [-0.2, 0) is 4.74 Å². The summed E-state index contributed by atoms with van der Waals surface area (Å²) < 4.78 is 5.41. The van der Waals surface area contributed by atoms with Gasteiger partial charge in [0.1, 0.15) is 0 Å². The maximum atomic E-state index is 11.8. The fourth-order valence-electron chi connectivity index (χ4n) is 1.54. The predicted octanol–water partition coefficient (Wildman–Crippen LogP) is 1.64. The SMILES string of the molecule is CC(C)CCOCCNC(=O)c1ccc(N)cc1N. The zero-order chi connectivity index (χ0) is 14.3. The highest BCUT2D eigenvalue weighted by molar-refractivity contribution is 5.99. The molecule has 1 amide bonds. The Morgan fingerprint density at radius 1 is 1.32 bits per heavy atom. The van der Waals surface area contributed by atoms with Crippen molar-refractivity contribution in [3.05, 3.63) is 23.8 Å². The van der Waals surface area contributed by atoms with Crippen molar-refractivity contribution in [3.8, 4) is 0 Å². The van der Waals surface area contributed by atoms with Gasteiger partial charge in [0.25, 0.3) is 5.91 Å². The van der Waals surface area contributed by atoms with Crippen LogP contribution in [0.5, 0.6) is 0 Å². The number of nitrogens with one attached hydrogen (secondary N) is 1. The molecule has 19 heavy (non-hydrogen) atoms. The summed E-state index contributed by atoms with van der Waals surface area (Å²) in [6.45, 7) is 6.00. The Hall–Kier alpha value is -1.75. The molecular formula is C14H23N3O2. The van der Waals surface area contributed by atoms with Gasteiger partial charge >= 0.3 is 0 Å². The number of nitrogen functional groups attached to an aromatic ring is 2. The fourth-order valence-corrected chi connectivity index (χ4v) is 1.54. The lowest BCUT2D eigenvalue weighted by Gasteiger charge is -2.09. The van der Waals surface area contributed by atoms with E-state index in [1.165, 1.54) is 0 Å². The average Bonchev–Trinajstić information content (AvgIpc) is 2.32. The van der Waals surface area contributed by atoms with Gasteiger partial charge in [0, 0.05) is 24.5 Å². The van der Waals surface area contributed by atoms with Crippen molar-refractivity contribution in [3.63, 3.8) is 0 Å². The molecule has 0 saturated carbocycles. The molecule has 0 heterocycles. The quantitative estimate of drug-likeness (QED) is 0.516. The van der Waals surface area contributed by atoms with Gasteiger partial charge in [-0.25, -0.2) is 0 Å². The van der Waals surface area contributed by atoms with E-state index in [4.69, 9.17) is 16.2 Å². The molecule has 0 saturated heterocycles. The topological polar surface area (TPSA) is 90.4 Å². The summed E-state index contributed by atoms with van der Waals surface area (Å²) in [6, 6.07) is 4.86. The van der Waals surface area contributed by atoms with Gasteiger partial charge in [0.05, 0.1) is 12.2 Å². The summed E-state index contributed by atoms with van der Waals surface area (Å²) in [6.07, 6.45) is 1.03. The largest absolute Gasteiger partial charge is 0.399 e. The maximum Gasteiger partial charge on any atom is 0.253 e. The molecule has 0 aliphatic carbocycles. The Bertz CT molecular complexity index is 419. The molecular weight excluding hydrogens is 242 g/mol. The number of carbonyl (C=O) groups excluding carboxylic acids is 1. The molecule has 0 aliphatic rings. The molecule has 0 unspecified atom stereocenters. The van der Waals surface area contributed by atoms with Gasteiger partial charge in [-0.15, -0.1) is 0 Å². The van der Waals surface area contributed by atoms with Crippen molar-refractivity contribution in [1.82, 2.24) is 5.32 Å². The lowest BCUT2D eigenvalue weighted by atomic mass is 10.1. The van der Waals surface area contributed by atoms with Crippen LogP contribution >= 0.6 is 0 Å². The lowest BCUT2D eigenvalue weighted by Crippen LogP contribution is -2.28. The monoisotopic (exact) mass is 265 g/mol.